The van der Waals surface area contributed by atoms with Crippen molar-refractivity contribution in [1.82, 2.24) is 10.2 Å². The molecule has 18 heavy (non-hydrogen) atoms. The molecule has 6 heteroatoms. The van der Waals surface area contributed by atoms with E-state index in [-0.39, 0.29) is 0 Å². The summed E-state index contributed by atoms with van der Waals surface area (Å²) in [5.74, 6) is 1.30. The lowest BCUT2D eigenvalue weighted by atomic mass is 10.2. The van der Waals surface area contributed by atoms with Gasteiger partial charge in [0.2, 0.25) is 0 Å². The Kier molecular flexibility index (Phi) is 4.11. The molecule has 1 aromatic heterocycles. The van der Waals surface area contributed by atoms with E-state index in [0.717, 1.165) is 10.6 Å². The van der Waals surface area contributed by atoms with Gasteiger partial charge in [-0.25, -0.2) is 0 Å². The Balaban J connectivity index is 2.25. The first-order valence-electron chi connectivity index (χ1n) is 5.66. The number of ether oxygens (including phenoxy) is 2. The third-order valence-electron chi connectivity index (χ3n) is 2.25. The van der Waals surface area contributed by atoms with E-state index in [1.165, 1.54) is 11.3 Å². The van der Waals surface area contributed by atoms with E-state index < -0.39 is 0 Å². The summed E-state index contributed by atoms with van der Waals surface area (Å²) in [6, 6.07) is 5.63. The Morgan fingerprint density at radius 1 is 1.28 bits per heavy atom. The zero-order valence-corrected chi connectivity index (χ0v) is 11.2. The van der Waals surface area contributed by atoms with E-state index in [4.69, 9.17) is 15.2 Å². The minimum Gasteiger partial charge on any atom is -0.490 e. The van der Waals surface area contributed by atoms with E-state index in [2.05, 4.69) is 10.2 Å². The lowest BCUT2D eigenvalue weighted by molar-refractivity contribution is 0.320. The second-order valence-corrected chi connectivity index (χ2v) is 4.75. The van der Waals surface area contributed by atoms with Crippen LogP contribution in [0.15, 0.2) is 18.2 Å². The first-order chi connectivity index (χ1) is 8.72. The molecule has 0 aliphatic rings. The molecule has 0 spiro atoms. The Hall–Kier alpha value is -1.66. The van der Waals surface area contributed by atoms with E-state index in [1.54, 1.807) is 0 Å². The number of benzene rings is 1. The molecule has 0 aliphatic carbocycles. The van der Waals surface area contributed by atoms with Gasteiger partial charge >= 0.3 is 0 Å². The molecule has 0 saturated heterocycles. The minimum atomic E-state index is 0.471. The van der Waals surface area contributed by atoms with E-state index in [9.17, 15) is 0 Å². The van der Waals surface area contributed by atoms with Gasteiger partial charge in [-0.3, -0.25) is 0 Å². The van der Waals surface area contributed by atoms with Gasteiger partial charge in [-0.15, -0.1) is 5.10 Å². The van der Waals surface area contributed by atoms with Crippen LogP contribution in [-0.4, -0.2) is 16.8 Å². The van der Waals surface area contributed by atoms with Crippen LogP contribution in [0, 0.1) is 6.92 Å². The first-order valence-corrected chi connectivity index (χ1v) is 6.48. The van der Waals surface area contributed by atoms with Crippen molar-refractivity contribution >= 4 is 11.3 Å². The number of hydrogen-bond donors (Lipinski definition) is 1. The topological polar surface area (TPSA) is 70.3 Å². The maximum absolute atomic E-state index is 5.66. The highest BCUT2D eigenvalue weighted by Gasteiger charge is 2.10. The van der Waals surface area contributed by atoms with Gasteiger partial charge < -0.3 is 15.2 Å². The van der Waals surface area contributed by atoms with E-state index in [0.29, 0.717) is 29.8 Å². The summed E-state index contributed by atoms with van der Waals surface area (Å²) in [5, 5.41) is 9.20. The maximum Gasteiger partial charge on any atom is 0.299 e. The van der Waals surface area contributed by atoms with Crippen LogP contribution >= 0.6 is 11.3 Å². The molecule has 0 bridgehead atoms. The van der Waals surface area contributed by atoms with Crippen molar-refractivity contribution in [1.29, 1.82) is 0 Å². The second kappa shape index (κ2) is 5.79. The maximum atomic E-state index is 5.66. The van der Waals surface area contributed by atoms with Crippen LogP contribution in [0.3, 0.4) is 0 Å². The molecule has 0 aliphatic heterocycles. The van der Waals surface area contributed by atoms with Gasteiger partial charge in [0, 0.05) is 6.54 Å². The van der Waals surface area contributed by atoms with Crippen LogP contribution in [0.5, 0.6) is 16.7 Å². The van der Waals surface area contributed by atoms with Crippen molar-refractivity contribution in [3.63, 3.8) is 0 Å². The molecule has 0 saturated carbocycles. The highest BCUT2D eigenvalue weighted by atomic mass is 32.1. The number of rotatable bonds is 5. The fourth-order valence-corrected chi connectivity index (χ4v) is 1.99. The Bertz CT molecular complexity index is 528. The van der Waals surface area contributed by atoms with Crippen LogP contribution in [0.1, 0.15) is 17.5 Å². The fourth-order valence-electron chi connectivity index (χ4n) is 1.45. The Morgan fingerprint density at radius 2 is 2.11 bits per heavy atom. The smallest absolute Gasteiger partial charge is 0.299 e. The van der Waals surface area contributed by atoms with Gasteiger partial charge in [-0.2, -0.15) is 0 Å². The number of nitrogens with two attached hydrogens (primary N) is 1. The zero-order chi connectivity index (χ0) is 13.0. The van der Waals surface area contributed by atoms with Crippen LogP contribution in [0.25, 0.3) is 0 Å². The van der Waals surface area contributed by atoms with Gasteiger partial charge in [0.25, 0.3) is 5.19 Å². The predicted octanol–water partition coefficient (Wildman–Crippen LogP) is 2.50. The molecule has 2 aromatic rings. The number of aryl methyl sites for hydroxylation is 1. The normalized spacial score (nSPS) is 10.4. The third kappa shape index (κ3) is 2.96. The summed E-state index contributed by atoms with van der Waals surface area (Å²) >= 11 is 1.39. The molecule has 0 radical (unpaired) electrons. The van der Waals surface area contributed by atoms with E-state index >= 15 is 0 Å². The van der Waals surface area contributed by atoms with Crippen molar-refractivity contribution in [3.8, 4) is 16.7 Å². The molecule has 96 valence electrons. The highest BCUT2D eigenvalue weighted by Crippen LogP contribution is 2.33. The average molecular weight is 265 g/mol. The minimum absolute atomic E-state index is 0.471. The summed E-state index contributed by atoms with van der Waals surface area (Å²) in [7, 11) is 0. The third-order valence-corrected chi connectivity index (χ3v) is 2.97. The van der Waals surface area contributed by atoms with Crippen molar-refractivity contribution in [2.75, 3.05) is 6.61 Å². The van der Waals surface area contributed by atoms with Gasteiger partial charge in [0.15, 0.2) is 11.5 Å². The molecular formula is C12H15N3O2S. The van der Waals surface area contributed by atoms with E-state index in [1.807, 2.05) is 32.0 Å². The van der Waals surface area contributed by atoms with Crippen molar-refractivity contribution in [2.24, 2.45) is 5.73 Å². The number of aromatic nitrogens is 2. The van der Waals surface area contributed by atoms with Crippen LogP contribution in [0.2, 0.25) is 0 Å². The number of hydrogen-bond acceptors (Lipinski definition) is 6. The molecule has 1 heterocycles. The van der Waals surface area contributed by atoms with Crippen LogP contribution in [-0.2, 0) is 6.54 Å². The predicted molar refractivity (Wildman–Crippen MR) is 70.2 cm³/mol. The molecule has 2 rings (SSSR count). The summed E-state index contributed by atoms with van der Waals surface area (Å²) < 4.78 is 11.2. The zero-order valence-electron chi connectivity index (χ0n) is 10.3. The summed E-state index contributed by atoms with van der Waals surface area (Å²) in [6.45, 7) is 4.84. The van der Waals surface area contributed by atoms with Gasteiger partial charge in [-0.05, 0) is 31.5 Å². The van der Waals surface area contributed by atoms with Gasteiger partial charge in [0.05, 0.1) is 6.61 Å². The molecule has 0 fully saturated rings. The van der Waals surface area contributed by atoms with Crippen molar-refractivity contribution < 1.29 is 9.47 Å². The Labute approximate surface area is 110 Å². The molecule has 0 atom stereocenters. The second-order valence-electron chi connectivity index (χ2n) is 3.61. The lowest BCUT2D eigenvalue weighted by Crippen LogP contribution is -2.00. The molecule has 1 aromatic carbocycles. The largest absolute Gasteiger partial charge is 0.490 e. The molecule has 2 N–H and O–H groups in total. The molecular weight excluding hydrogens is 250 g/mol. The Morgan fingerprint density at radius 3 is 2.72 bits per heavy atom. The van der Waals surface area contributed by atoms with Crippen molar-refractivity contribution in [2.45, 2.75) is 20.4 Å². The summed E-state index contributed by atoms with van der Waals surface area (Å²) in [4.78, 5) is 0. The summed E-state index contributed by atoms with van der Waals surface area (Å²) in [5.41, 5.74) is 6.60. The summed E-state index contributed by atoms with van der Waals surface area (Å²) in [6.07, 6.45) is 0. The van der Waals surface area contributed by atoms with Gasteiger partial charge in [-0.1, -0.05) is 22.5 Å². The quantitative estimate of drug-likeness (QED) is 0.899. The molecule has 0 amide bonds. The number of nitrogens with zero attached hydrogens (tertiary/aromatic N) is 2. The standard InChI is InChI=1S/C12H15N3O2S/c1-3-16-11-6-9(7-13)4-5-10(11)17-12-15-14-8(2)18-12/h4-6H,3,7,13H2,1-2H3. The SMILES string of the molecule is CCOc1cc(CN)ccc1Oc1nnc(C)s1. The van der Waals surface area contributed by atoms with Crippen LogP contribution in [0.4, 0.5) is 0 Å². The molecule has 0 unspecified atom stereocenters. The van der Waals surface area contributed by atoms with Crippen LogP contribution < -0.4 is 15.2 Å². The monoisotopic (exact) mass is 265 g/mol. The lowest BCUT2D eigenvalue weighted by Gasteiger charge is -2.10. The van der Waals surface area contributed by atoms with Crippen molar-refractivity contribution in [3.05, 3.63) is 28.8 Å². The molecule has 5 nitrogen and oxygen atoms in total. The fraction of sp³-hybridized carbons (Fsp3) is 0.333. The highest BCUT2D eigenvalue weighted by molar-refractivity contribution is 7.13. The first kappa shape index (κ1) is 12.8. The average Bonchev–Trinajstić information content (AvgIpc) is 2.77. The van der Waals surface area contributed by atoms with Gasteiger partial charge in [0.1, 0.15) is 5.01 Å².